The first-order valence-electron chi connectivity index (χ1n) is 8.27. The van der Waals surface area contributed by atoms with Crippen molar-refractivity contribution in [2.45, 2.75) is 19.8 Å². The van der Waals surface area contributed by atoms with E-state index in [1.807, 2.05) is 0 Å². The topological polar surface area (TPSA) is 110 Å². The van der Waals surface area contributed by atoms with Gasteiger partial charge in [0.05, 0.1) is 13.2 Å². The predicted octanol–water partition coefficient (Wildman–Crippen LogP) is 5.38. The number of oxazole rings is 1. The van der Waals surface area contributed by atoms with Crippen LogP contribution in [-0.2, 0) is 11.3 Å². The number of carbonyl (C=O) groups is 1. The predicted molar refractivity (Wildman–Crippen MR) is 94.9 cm³/mol. The molecule has 8 nitrogen and oxygen atoms in total. The van der Waals surface area contributed by atoms with Gasteiger partial charge in [-0.3, -0.25) is 0 Å². The second-order valence-corrected chi connectivity index (χ2v) is 5.67. The molecule has 0 unspecified atom stereocenters. The number of hydrogen-bond acceptors (Lipinski definition) is 6. The van der Waals surface area contributed by atoms with E-state index in [1.54, 1.807) is 13.0 Å². The lowest BCUT2D eigenvalue weighted by atomic mass is 9.97. The number of halogens is 3. The third-order valence-electron chi connectivity index (χ3n) is 3.87. The minimum atomic E-state index is -4.80. The molecule has 11 heteroatoms. The molecule has 150 valence electrons. The molecule has 0 radical (unpaired) electrons. The maximum atomic E-state index is 12.4. The Hall–Kier alpha value is -3.72. The molecular weight excluding hydrogens is 393 g/mol. The third-order valence-corrected chi connectivity index (χ3v) is 3.87. The molecule has 0 spiro atoms. The van der Waals surface area contributed by atoms with Gasteiger partial charge in [0.25, 0.3) is 0 Å². The summed E-state index contributed by atoms with van der Waals surface area (Å²) in [4.78, 5) is 19.2. The summed E-state index contributed by atoms with van der Waals surface area (Å²) < 4.78 is 51.4. The first kappa shape index (κ1) is 20.0. The van der Waals surface area contributed by atoms with Crippen molar-refractivity contribution in [3.8, 4) is 16.9 Å². The first-order chi connectivity index (χ1) is 13.8. The maximum Gasteiger partial charge on any atom is 0.573 e. The van der Waals surface area contributed by atoms with Gasteiger partial charge in [0.2, 0.25) is 0 Å². The SMILES string of the molecule is CCOC(=O)c1c(CN=[N+]=[N-])cc(-c2ccc(OC(F)(F)F)cc2)c2ncoc12. The molecule has 0 bridgehead atoms. The van der Waals surface area contributed by atoms with E-state index >= 15 is 0 Å². The van der Waals surface area contributed by atoms with Crippen molar-refractivity contribution in [1.82, 2.24) is 4.98 Å². The van der Waals surface area contributed by atoms with E-state index in [-0.39, 0.29) is 30.0 Å². The van der Waals surface area contributed by atoms with Gasteiger partial charge in [0.1, 0.15) is 16.8 Å². The molecule has 0 amide bonds. The number of nitrogens with zero attached hydrogens (tertiary/aromatic N) is 4. The second-order valence-electron chi connectivity index (χ2n) is 5.67. The molecule has 1 aromatic heterocycles. The lowest BCUT2D eigenvalue weighted by Gasteiger charge is -2.12. The molecular formula is C18H13F3N4O4. The standard InChI is InChI=1S/C18H13F3N4O4/c1-2-27-17(26)14-11(8-24-25-22)7-13(15-16(14)28-9-23-15)10-3-5-12(6-4-10)29-18(19,20)21/h3-7,9H,2,8H2,1H3. The fraction of sp³-hybridized carbons (Fsp3) is 0.222. The summed E-state index contributed by atoms with van der Waals surface area (Å²) >= 11 is 0. The zero-order valence-corrected chi connectivity index (χ0v) is 14.9. The van der Waals surface area contributed by atoms with Crippen molar-refractivity contribution in [3.05, 3.63) is 58.3 Å². The van der Waals surface area contributed by atoms with Crippen molar-refractivity contribution in [1.29, 1.82) is 0 Å². The van der Waals surface area contributed by atoms with Crippen LogP contribution in [0.5, 0.6) is 5.75 Å². The van der Waals surface area contributed by atoms with E-state index < -0.39 is 12.3 Å². The van der Waals surface area contributed by atoms with Crippen LogP contribution in [0.3, 0.4) is 0 Å². The number of aromatic nitrogens is 1. The number of hydrogen-bond donors (Lipinski definition) is 0. The van der Waals surface area contributed by atoms with Gasteiger partial charge in [-0.15, -0.1) is 13.2 Å². The Bertz CT molecular complexity index is 1090. The molecule has 0 saturated heterocycles. The van der Waals surface area contributed by atoms with Crippen molar-refractivity contribution < 1.29 is 31.9 Å². The summed E-state index contributed by atoms with van der Waals surface area (Å²) in [5.41, 5.74) is 10.5. The average molecular weight is 406 g/mol. The van der Waals surface area contributed by atoms with Gasteiger partial charge in [-0.05, 0) is 41.8 Å². The smallest absolute Gasteiger partial charge is 0.462 e. The van der Waals surface area contributed by atoms with Crippen LogP contribution >= 0.6 is 0 Å². The van der Waals surface area contributed by atoms with Gasteiger partial charge in [-0.25, -0.2) is 9.78 Å². The fourth-order valence-electron chi connectivity index (χ4n) is 2.79. The Morgan fingerprint density at radius 2 is 2.03 bits per heavy atom. The third kappa shape index (κ3) is 4.41. The molecule has 0 aliphatic carbocycles. The molecule has 29 heavy (non-hydrogen) atoms. The fourth-order valence-corrected chi connectivity index (χ4v) is 2.79. The van der Waals surface area contributed by atoms with Crippen molar-refractivity contribution in [2.75, 3.05) is 6.61 Å². The molecule has 0 fully saturated rings. The van der Waals surface area contributed by atoms with Crippen LogP contribution in [0.1, 0.15) is 22.8 Å². The monoisotopic (exact) mass is 406 g/mol. The number of fused-ring (bicyclic) bond motifs is 1. The lowest BCUT2D eigenvalue weighted by Crippen LogP contribution is -2.16. The zero-order chi connectivity index (χ0) is 21.0. The van der Waals surface area contributed by atoms with Gasteiger partial charge in [-0.1, -0.05) is 17.2 Å². The number of esters is 1. The molecule has 2 aromatic carbocycles. The molecule has 1 heterocycles. The summed E-state index contributed by atoms with van der Waals surface area (Å²) in [6.45, 7) is 1.60. The number of azide groups is 1. The normalized spacial score (nSPS) is 11.2. The number of alkyl halides is 3. The highest BCUT2D eigenvalue weighted by molar-refractivity contribution is 6.06. The van der Waals surface area contributed by atoms with E-state index in [1.165, 1.54) is 12.1 Å². The average Bonchev–Trinajstić information content (AvgIpc) is 3.14. The highest BCUT2D eigenvalue weighted by atomic mass is 19.4. The largest absolute Gasteiger partial charge is 0.573 e. The summed E-state index contributed by atoms with van der Waals surface area (Å²) in [6.07, 6.45) is -3.67. The van der Waals surface area contributed by atoms with Crippen LogP contribution in [-0.4, -0.2) is 23.9 Å². The summed E-state index contributed by atoms with van der Waals surface area (Å²) in [6, 6.07) is 6.69. The first-order valence-corrected chi connectivity index (χ1v) is 8.27. The number of rotatable bonds is 6. The van der Waals surface area contributed by atoms with Crippen molar-refractivity contribution in [3.63, 3.8) is 0 Å². The quantitative estimate of drug-likeness (QED) is 0.236. The Labute approximate surface area is 161 Å². The Kier molecular flexibility index (Phi) is 5.60. The highest BCUT2D eigenvalue weighted by Gasteiger charge is 2.31. The van der Waals surface area contributed by atoms with Crippen LogP contribution in [0, 0.1) is 0 Å². The van der Waals surface area contributed by atoms with Crippen LogP contribution in [0.25, 0.3) is 32.7 Å². The highest BCUT2D eigenvalue weighted by Crippen LogP contribution is 2.35. The van der Waals surface area contributed by atoms with Crippen LogP contribution in [0.2, 0.25) is 0 Å². The molecule has 0 N–H and O–H groups in total. The molecule has 0 aliphatic heterocycles. The molecule has 3 rings (SSSR count). The van der Waals surface area contributed by atoms with Gasteiger partial charge in [0.15, 0.2) is 12.0 Å². The van der Waals surface area contributed by atoms with E-state index in [0.29, 0.717) is 22.2 Å². The van der Waals surface area contributed by atoms with Gasteiger partial charge >= 0.3 is 12.3 Å². The van der Waals surface area contributed by atoms with Crippen LogP contribution in [0.15, 0.2) is 46.3 Å². The minimum absolute atomic E-state index is 0.0764. The Balaban J connectivity index is 2.13. The lowest BCUT2D eigenvalue weighted by molar-refractivity contribution is -0.274. The van der Waals surface area contributed by atoms with Crippen molar-refractivity contribution in [2.24, 2.45) is 5.11 Å². The van der Waals surface area contributed by atoms with E-state index in [0.717, 1.165) is 18.5 Å². The van der Waals surface area contributed by atoms with E-state index in [9.17, 15) is 18.0 Å². The van der Waals surface area contributed by atoms with Crippen LogP contribution in [0.4, 0.5) is 13.2 Å². The summed E-state index contributed by atoms with van der Waals surface area (Å²) in [5.74, 6) is -1.05. The summed E-state index contributed by atoms with van der Waals surface area (Å²) in [7, 11) is 0. The Morgan fingerprint density at radius 3 is 2.66 bits per heavy atom. The summed E-state index contributed by atoms with van der Waals surface area (Å²) in [5, 5.41) is 3.49. The van der Waals surface area contributed by atoms with Gasteiger partial charge in [0, 0.05) is 10.5 Å². The Morgan fingerprint density at radius 1 is 1.31 bits per heavy atom. The van der Waals surface area contributed by atoms with Crippen LogP contribution < -0.4 is 4.74 Å². The van der Waals surface area contributed by atoms with Gasteiger partial charge in [-0.2, -0.15) is 0 Å². The molecule has 0 saturated carbocycles. The minimum Gasteiger partial charge on any atom is -0.462 e. The van der Waals surface area contributed by atoms with E-state index in [2.05, 4.69) is 19.7 Å². The van der Waals surface area contributed by atoms with E-state index in [4.69, 9.17) is 14.7 Å². The maximum absolute atomic E-state index is 12.4. The van der Waals surface area contributed by atoms with Gasteiger partial charge < -0.3 is 13.9 Å². The number of benzene rings is 2. The number of carbonyl (C=O) groups excluding carboxylic acids is 1. The molecule has 0 atom stereocenters. The number of ether oxygens (including phenoxy) is 2. The molecule has 0 aliphatic rings. The molecule has 3 aromatic rings. The zero-order valence-electron chi connectivity index (χ0n) is 14.9. The van der Waals surface area contributed by atoms with Crippen molar-refractivity contribution >= 4 is 17.1 Å². The second kappa shape index (κ2) is 8.11.